The second-order valence-electron chi connectivity index (χ2n) is 6.41. The number of ether oxygens (including phenoxy) is 2. The van der Waals surface area contributed by atoms with Crippen LogP contribution in [0.2, 0.25) is 0 Å². The predicted octanol–water partition coefficient (Wildman–Crippen LogP) is 4.02. The summed E-state index contributed by atoms with van der Waals surface area (Å²) in [6.07, 6.45) is -0.920. The number of hydrogen-bond donors (Lipinski definition) is 0. The number of halogens is 1. The number of rotatable bonds is 7. The van der Waals surface area contributed by atoms with Gasteiger partial charge in [-0.1, -0.05) is 18.2 Å². The molecule has 0 unspecified atom stereocenters. The van der Waals surface area contributed by atoms with E-state index < -0.39 is 27.9 Å². The maximum atomic E-state index is 12.9. The lowest BCUT2D eigenvalue weighted by Gasteiger charge is -2.20. The van der Waals surface area contributed by atoms with Gasteiger partial charge in [0, 0.05) is 7.05 Å². The van der Waals surface area contributed by atoms with Crippen LogP contribution in [0.5, 0.6) is 11.5 Å². The van der Waals surface area contributed by atoms with E-state index in [0.29, 0.717) is 11.4 Å². The molecule has 0 aliphatic heterocycles. The zero-order chi connectivity index (χ0) is 21.7. The SMILES string of the molecule is C[C@@H](Oc1ccc(F)cc1)C(=O)Oc1ccc(N(C)S(=O)(=O)c2ccccc2)cc1. The van der Waals surface area contributed by atoms with Crippen molar-refractivity contribution in [2.75, 3.05) is 11.4 Å². The Morgan fingerprint density at radius 2 is 1.47 bits per heavy atom. The maximum absolute atomic E-state index is 12.9. The Labute approximate surface area is 174 Å². The van der Waals surface area contributed by atoms with E-state index in [1.807, 2.05) is 0 Å². The molecule has 0 aliphatic rings. The van der Waals surface area contributed by atoms with Crippen LogP contribution in [0.4, 0.5) is 10.1 Å². The summed E-state index contributed by atoms with van der Waals surface area (Å²) < 4.78 is 50.1. The first-order chi connectivity index (χ1) is 14.3. The minimum atomic E-state index is -3.70. The molecular weight excluding hydrogens is 409 g/mol. The summed E-state index contributed by atoms with van der Waals surface area (Å²) in [4.78, 5) is 12.4. The van der Waals surface area contributed by atoms with Crippen LogP contribution < -0.4 is 13.8 Å². The number of sulfonamides is 1. The summed E-state index contributed by atoms with van der Waals surface area (Å²) in [5.41, 5.74) is 0.411. The van der Waals surface area contributed by atoms with E-state index in [0.717, 1.165) is 4.31 Å². The smallest absolute Gasteiger partial charge is 0.352 e. The summed E-state index contributed by atoms with van der Waals surface area (Å²) in [6, 6.07) is 19.4. The molecular formula is C22H20FNO5S. The third kappa shape index (κ3) is 4.96. The number of anilines is 1. The van der Waals surface area contributed by atoms with Gasteiger partial charge in [-0.05, 0) is 67.6 Å². The molecule has 6 nitrogen and oxygen atoms in total. The molecule has 0 heterocycles. The highest BCUT2D eigenvalue weighted by atomic mass is 32.2. The molecule has 156 valence electrons. The van der Waals surface area contributed by atoms with Gasteiger partial charge in [0.25, 0.3) is 10.0 Å². The number of carbonyl (C=O) groups is 1. The number of nitrogens with zero attached hydrogens (tertiary/aromatic N) is 1. The topological polar surface area (TPSA) is 72.9 Å². The van der Waals surface area contributed by atoms with E-state index in [9.17, 15) is 17.6 Å². The van der Waals surface area contributed by atoms with Crippen LogP contribution in [0.3, 0.4) is 0 Å². The summed E-state index contributed by atoms with van der Waals surface area (Å²) in [7, 11) is -2.25. The molecule has 0 spiro atoms. The van der Waals surface area contributed by atoms with Crippen molar-refractivity contribution in [2.45, 2.75) is 17.9 Å². The van der Waals surface area contributed by atoms with Crippen molar-refractivity contribution in [3.05, 3.63) is 84.7 Å². The lowest BCUT2D eigenvalue weighted by atomic mass is 10.3. The first-order valence-corrected chi connectivity index (χ1v) is 10.5. The molecule has 0 saturated carbocycles. The lowest BCUT2D eigenvalue weighted by Crippen LogP contribution is -2.28. The minimum Gasteiger partial charge on any atom is -0.479 e. The second kappa shape index (κ2) is 8.96. The Bertz CT molecular complexity index is 1100. The average molecular weight is 429 g/mol. The zero-order valence-corrected chi connectivity index (χ0v) is 17.2. The first kappa shape index (κ1) is 21.3. The predicted molar refractivity (Wildman–Crippen MR) is 111 cm³/mol. The van der Waals surface area contributed by atoms with Crippen molar-refractivity contribution in [2.24, 2.45) is 0 Å². The van der Waals surface area contributed by atoms with E-state index in [4.69, 9.17) is 9.47 Å². The van der Waals surface area contributed by atoms with Gasteiger partial charge in [-0.25, -0.2) is 17.6 Å². The molecule has 30 heavy (non-hydrogen) atoms. The van der Waals surface area contributed by atoms with Crippen molar-refractivity contribution < 1.29 is 27.1 Å². The Kier molecular flexibility index (Phi) is 6.37. The molecule has 0 radical (unpaired) electrons. The molecule has 0 aromatic heterocycles. The molecule has 8 heteroatoms. The summed E-state index contributed by atoms with van der Waals surface area (Å²) >= 11 is 0. The largest absolute Gasteiger partial charge is 0.479 e. The maximum Gasteiger partial charge on any atom is 0.352 e. The van der Waals surface area contributed by atoms with Gasteiger partial charge in [-0.3, -0.25) is 4.31 Å². The molecule has 0 saturated heterocycles. The monoisotopic (exact) mass is 429 g/mol. The fraction of sp³-hybridized carbons (Fsp3) is 0.136. The van der Waals surface area contributed by atoms with Crippen molar-refractivity contribution >= 4 is 21.7 Å². The van der Waals surface area contributed by atoms with Gasteiger partial charge in [0.2, 0.25) is 0 Å². The van der Waals surface area contributed by atoms with E-state index in [1.165, 1.54) is 74.6 Å². The third-order valence-electron chi connectivity index (χ3n) is 4.28. The highest BCUT2D eigenvalue weighted by Gasteiger charge is 2.21. The van der Waals surface area contributed by atoms with Gasteiger partial charge in [0.05, 0.1) is 10.6 Å². The Morgan fingerprint density at radius 1 is 0.900 bits per heavy atom. The second-order valence-corrected chi connectivity index (χ2v) is 8.38. The lowest BCUT2D eigenvalue weighted by molar-refractivity contribution is -0.141. The number of carbonyl (C=O) groups excluding carboxylic acids is 1. The summed E-state index contributed by atoms with van der Waals surface area (Å²) in [5.74, 6) is -0.470. The van der Waals surface area contributed by atoms with Crippen LogP contribution in [0, 0.1) is 5.82 Å². The van der Waals surface area contributed by atoms with Gasteiger partial charge < -0.3 is 9.47 Å². The van der Waals surface area contributed by atoms with E-state index in [-0.39, 0.29) is 10.6 Å². The summed E-state index contributed by atoms with van der Waals surface area (Å²) in [6.45, 7) is 1.51. The third-order valence-corrected chi connectivity index (χ3v) is 6.08. The van der Waals surface area contributed by atoms with Crippen molar-refractivity contribution in [1.82, 2.24) is 0 Å². The Hall–Kier alpha value is -3.39. The molecule has 1 atom stereocenters. The van der Waals surface area contributed by atoms with Gasteiger partial charge in [-0.15, -0.1) is 0 Å². The van der Waals surface area contributed by atoms with E-state index in [2.05, 4.69) is 0 Å². The van der Waals surface area contributed by atoms with Crippen LogP contribution in [0.15, 0.2) is 83.8 Å². The van der Waals surface area contributed by atoms with Crippen LogP contribution >= 0.6 is 0 Å². The van der Waals surface area contributed by atoms with Crippen LogP contribution in [-0.2, 0) is 14.8 Å². The quantitative estimate of drug-likeness (QED) is 0.419. The number of benzene rings is 3. The number of esters is 1. The summed E-state index contributed by atoms with van der Waals surface area (Å²) in [5, 5.41) is 0. The van der Waals surface area contributed by atoms with Crippen molar-refractivity contribution in [1.29, 1.82) is 0 Å². The zero-order valence-electron chi connectivity index (χ0n) is 16.4. The van der Waals surface area contributed by atoms with Gasteiger partial charge >= 0.3 is 5.97 Å². The molecule has 3 aromatic rings. The average Bonchev–Trinajstić information content (AvgIpc) is 2.76. The van der Waals surface area contributed by atoms with Crippen LogP contribution in [0.1, 0.15) is 6.92 Å². The fourth-order valence-corrected chi connectivity index (χ4v) is 3.79. The molecule has 0 amide bonds. The normalized spacial score (nSPS) is 12.1. The Morgan fingerprint density at radius 3 is 2.07 bits per heavy atom. The van der Waals surface area contributed by atoms with Gasteiger partial charge in [-0.2, -0.15) is 0 Å². The molecule has 0 N–H and O–H groups in total. The molecule has 0 aliphatic carbocycles. The van der Waals surface area contributed by atoms with Crippen molar-refractivity contribution in [3.63, 3.8) is 0 Å². The first-order valence-electron chi connectivity index (χ1n) is 9.05. The Balaban J connectivity index is 1.65. The van der Waals surface area contributed by atoms with Gasteiger partial charge in [0.1, 0.15) is 17.3 Å². The minimum absolute atomic E-state index is 0.176. The van der Waals surface area contributed by atoms with Gasteiger partial charge in [0.15, 0.2) is 6.10 Å². The highest BCUT2D eigenvalue weighted by Crippen LogP contribution is 2.24. The molecule has 0 fully saturated rings. The van der Waals surface area contributed by atoms with E-state index >= 15 is 0 Å². The standard InChI is InChI=1S/C22H20FNO5S/c1-16(28-19-12-8-17(23)9-13-19)22(25)29-20-14-10-18(11-15-20)24(2)30(26,27)21-6-4-3-5-7-21/h3-16H,1-2H3/t16-/m1/s1. The molecule has 0 bridgehead atoms. The fourth-order valence-electron chi connectivity index (χ4n) is 2.58. The van der Waals surface area contributed by atoms with Crippen LogP contribution in [0.25, 0.3) is 0 Å². The highest BCUT2D eigenvalue weighted by molar-refractivity contribution is 7.92. The number of hydrogen-bond acceptors (Lipinski definition) is 5. The molecule has 3 aromatic carbocycles. The van der Waals surface area contributed by atoms with Crippen LogP contribution in [-0.4, -0.2) is 27.5 Å². The van der Waals surface area contributed by atoms with E-state index in [1.54, 1.807) is 18.2 Å². The molecule has 3 rings (SSSR count). The van der Waals surface area contributed by atoms with Crippen molar-refractivity contribution in [3.8, 4) is 11.5 Å².